The van der Waals surface area contributed by atoms with E-state index in [4.69, 9.17) is 14.6 Å². The van der Waals surface area contributed by atoms with Gasteiger partial charge in [-0.1, -0.05) is 6.92 Å². The lowest BCUT2D eigenvalue weighted by Gasteiger charge is -2.40. The van der Waals surface area contributed by atoms with Gasteiger partial charge in [0.25, 0.3) is 0 Å². The predicted octanol–water partition coefficient (Wildman–Crippen LogP) is 1.73. The van der Waals surface area contributed by atoms with E-state index in [-0.39, 0.29) is 24.0 Å². The normalized spacial score (nSPS) is 47.5. The van der Waals surface area contributed by atoms with Crippen LogP contribution in [-0.2, 0) is 19.1 Å². The Kier molecular flexibility index (Phi) is 3.44. The highest BCUT2D eigenvalue weighted by molar-refractivity contribution is 5.73. The fourth-order valence-corrected chi connectivity index (χ4v) is 6.37. The van der Waals surface area contributed by atoms with Crippen molar-refractivity contribution in [2.75, 3.05) is 6.79 Å². The van der Waals surface area contributed by atoms with Crippen LogP contribution >= 0.6 is 0 Å². The number of carbonyl (C=O) groups excluding carboxylic acids is 2. The average molecular weight is 308 g/mol. The van der Waals surface area contributed by atoms with E-state index in [9.17, 15) is 9.59 Å². The van der Waals surface area contributed by atoms with Crippen molar-refractivity contribution in [3.05, 3.63) is 0 Å². The molecule has 0 spiro atoms. The van der Waals surface area contributed by atoms with Gasteiger partial charge in [-0.3, -0.25) is 9.59 Å². The molecule has 1 N–H and O–H groups in total. The van der Waals surface area contributed by atoms with Crippen LogP contribution in [0.4, 0.5) is 0 Å². The van der Waals surface area contributed by atoms with Gasteiger partial charge < -0.3 is 14.6 Å². The average Bonchev–Trinajstić information content (AvgIpc) is 3.24. The Morgan fingerprint density at radius 3 is 2.50 bits per heavy atom. The quantitative estimate of drug-likeness (QED) is 0.486. The molecule has 4 rings (SSSR count). The van der Waals surface area contributed by atoms with E-state index in [1.165, 1.54) is 0 Å². The summed E-state index contributed by atoms with van der Waals surface area (Å²) in [6.45, 7) is 1.31. The Hall–Kier alpha value is -1.10. The molecule has 22 heavy (non-hydrogen) atoms. The molecule has 4 fully saturated rings. The predicted molar refractivity (Wildman–Crippen MR) is 76.2 cm³/mol. The first kappa shape index (κ1) is 14.5. The highest BCUT2D eigenvalue weighted by atomic mass is 16.6. The number of hydrogen-bond acceptors (Lipinski definition) is 5. The van der Waals surface area contributed by atoms with E-state index in [1.807, 2.05) is 6.92 Å². The van der Waals surface area contributed by atoms with Crippen LogP contribution in [-0.4, -0.2) is 29.9 Å². The smallest absolute Gasteiger partial charge is 0.311 e. The molecule has 0 aliphatic heterocycles. The lowest BCUT2D eigenvalue weighted by molar-refractivity contribution is -0.163. The second-order valence-corrected chi connectivity index (χ2v) is 7.53. The van der Waals surface area contributed by atoms with Crippen LogP contribution in [0.3, 0.4) is 0 Å². The number of aliphatic hydroxyl groups is 1. The van der Waals surface area contributed by atoms with E-state index in [2.05, 4.69) is 0 Å². The monoisotopic (exact) mass is 308 g/mol. The molecule has 4 aliphatic carbocycles. The summed E-state index contributed by atoms with van der Waals surface area (Å²) in [4.78, 5) is 23.7. The zero-order valence-corrected chi connectivity index (χ0v) is 12.9. The molecule has 8 unspecified atom stereocenters. The summed E-state index contributed by atoms with van der Waals surface area (Å²) in [5.41, 5.74) is 0. The van der Waals surface area contributed by atoms with Crippen molar-refractivity contribution in [2.24, 2.45) is 41.4 Å². The minimum atomic E-state index is -0.524. The van der Waals surface area contributed by atoms with Gasteiger partial charge in [-0.25, -0.2) is 0 Å². The Balaban J connectivity index is 1.50. The fourth-order valence-electron chi connectivity index (χ4n) is 6.37. The Morgan fingerprint density at radius 2 is 1.77 bits per heavy atom. The van der Waals surface area contributed by atoms with E-state index < -0.39 is 6.79 Å². The van der Waals surface area contributed by atoms with Gasteiger partial charge in [0.05, 0.1) is 5.92 Å². The highest BCUT2D eigenvalue weighted by Crippen LogP contribution is 2.69. The van der Waals surface area contributed by atoms with Crippen LogP contribution < -0.4 is 0 Å². The molecule has 4 bridgehead atoms. The summed E-state index contributed by atoms with van der Waals surface area (Å²) in [6.07, 6.45) is 4.71. The van der Waals surface area contributed by atoms with Crippen LogP contribution in [0.15, 0.2) is 0 Å². The largest absolute Gasteiger partial charge is 0.462 e. The summed E-state index contributed by atoms with van der Waals surface area (Å²) in [6, 6.07) is 0. The summed E-state index contributed by atoms with van der Waals surface area (Å²) < 4.78 is 10.5. The number of fused-ring (bicyclic) bond motifs is 9. The number of ether oxygens (including phenoxy) is 2. The maximum atomic E-state index is 12.1. The van der Waals surface area contributed by atoms with Gasteiger partial charge in [-0.05, 0) is 61.2 Å². The molecular weight excluding hydrogens is 284 g/mol. The van der Waals surface area contributed by atoms with E-state index >= 15 is 0 Å². The number of rotatable bonds is 4. The van der Waals surface area contributed by atoms with E-state index in [1.54, 1.807) is 0 Å². The molecule has 0 heterocycles. The molecule has 0 radical (unpaired) electrons. The fraction of sp³-hybridized carbons (Fsp3) is 0.882. The molecule has 122 valence electrons. The third-order valence-electron chi connectivity index (χ3n) is 6.84. The molecule has 4 saturated carbocycles. The van der Waals surface area contributed by atoms with Gasteiger partial charge in [0.2, 0.25) is 0 Å². The maximum Gasteiger partial charge on any atom is 0.311 e. The van der Waals surface area contributed by atoms with Crippen molar-refractivity contribution in [3.8, 4) is 0 Å². The summed E-state index contributed by atoms with van der Waals surface area (Å²) in [7, 11) is 0. The molecular formula is C17H24O5. The number of esters is 2. The zero-order chi connectivity index (χ0) is 15.4. The Labute approximate surface area is 130 Å². The Morgan fingerprint density at radius 1 is 1.05 bits per heavy atom. The molecule has 5 heteroatoms. The number of aliphatic hydroxyl groups excluding tert-OH is 1. The molecule has 0 aromatic carbocycles. The molecule has 0 amide bonds. The third-order valence-corrected chi connectivity index (χ3v) is 6.84. The van der Waals surface area contributed by atoms with Crippen LogP contribution in [0.5, 0.6) is 0 Å². The van der Waals surface area contributed by atoms with Crippen molar-refractivity contribution in [3.63, 3.8) is 0 Å². The first-order valence-corrected chi connectivity index (χ1v) is 8.61. The van der Waals surface area contributed by atoms with Crippen LogP contribution in [0, 0.1) is 41.4 Å². The van der Waals surface area contributed by atoms with Crippen LogP contribution in [0.25, 0.3) is 0 Å². The van der Waals surface area contributed by atoms with Gasteiger partial charge >= 0.3 is 11.9 Å². The van der Waals surface area contributed by atoms with Crippen LogP contribution in [0.2, 0.25) is 0 Å². The summed E-state index contributed by atoms with van der Waals surface area (Å²) >= 11 is 0. The summed E-state index contributed by atoms with van der Waals surface area (Å²) in [5, 5.41) is 8.83. The van der Waals surface area contributed by atoms with Gasteiger partial charge in [0.1, 0.15) is 6.10 Å². The molecule has 8 atom stereocenters. The van der Waals surface area contributed by atoms with E-state index in [0.29, 0.717) is 36.0 Å². The molecule has 0 saturated heterocycles. The van der Waals surface area contributed by atoms with Crippen molar-refractivity contribution < 1.29 is 24.2 Å². The first-order valence-electron chi connectivity index (χ1n) is 8.61. The summed E-state index contributed by atoms with van der Waals surface area (Å²) in [5.74, 6) is 2.95. The second-order valence-electron chi connectivity index (χ2n) is 7.53. The minimum absolute atomic E-state index is 0.0553. The number of hydrogen-bond donors (Lipinski definition) is 1. The number of carbonyl (C=O) groups is 2. The van der Waals surface area contributed by atoms with Crippen molar-refractivity contribution in [2.45, 2.75) is 45.1 Å². The lowest BCUT2D eigenvalue weighted by Crippen LogP contribution is -2.41. The lowest BCUT2D eigenvalue weighted by atomic mass is 9.67. The highest BCUT2D eigenvalue weighted by Gasteiger charge is 2.66. The molecule has 5 nitrogen and oxygen atoms in total. The Bertz CT molecular complexity index is 489. The first-order chi connectivity index (χ1) is 10.6. The van der Waals surface area contributed by atoms with E-state index in [0.717, 1.165) is 31.6 Å². The zero-order valence-electron chi connectivity index (χ0n) is 12.9. The molecule has 4 aliphatic rings. The van der Waals surface area contributed by atoms with Crippen LogP contribution in [0.1, 0.15) is 39.0 Å². The molecule has 0 aromatic rings. The third kappa shape index (κ3) is 1.94. The molecule has 0 aromatic heterocycles. The van der Waals surface area contributed by atoms with Gasteiger partial charge in [-0.2, -0.15) is 0 Å². The van der Waals surface area contributed by atoms with Gasteiger partial charge in [-0.15, -0.1) is 0 Å². The van der Waals surface area contributed by atoms with Crippen molar-refractivity contribution >= 4 is 11.9 Å². The van der Waals surface area contributed by atoms with Crippen molar-refractivity contribution in [1.29, 1.82) is 0 Å². The minimum Gasteiger partial charge on any atom is -0.462 e. The SMILES string of the molecule is CCC(=O)OC1CC2CC1C1C3CC(CC3C(=O)OCO)C21. The standard InChI is InChI=1S/C17H24O5/c1-2-14(19)22-13-6-9-5-12(13)16-10-3-8(15(9)16)4-11(10)17(20)21-7-18/h8-13,15-16,18H,2-7H2,1H3. The van der Waals surface area contributed by atoms with Gasteiger partial charge in [0, 0.05) is 6.42 Å². The van der Waals surface area contributed by atoms with Gasteiger partial charge in [0.15, 0.2) is 6.79 Å². The maximum absolute atomic E-state index is 12.1. The second kappa shape index (κ2) is 5.22. The topological polar surface area (TPSA) is 72.8 Å². The van der Waals surface area contributed by atoms with Crippen molar-refractivity contribution in [1.82, 2.24) is 0 Å².